The van der Waals surface area contributed by atoms with E-state index in [-0.39, 0.29) is 17.3 Å². The molecule has 0 spiro atoms. The number of anilines is 1. The van der Waals surface area contributed by atoms with Crippen molar-refractivity contribution >= 4 is 39.1 Å². The molecule has 0 saturated carbocycles. The number of aromatic nitrogens is 2. The SMILES string of the molecule is Cc1nn(-c2ccc(F)cc2)c2sc(C(=O)Nc3ccccc3C(N)=O)cc12. The van der Waals surface area contributed by atoms with Crippen LogP contribution in [-0.4, -0.2) is 21.6 Å². The molecule has 0 aliphatic rings. The quantitative estimate of drug-likeness (QED) is 0.550. The van der Waals surface area contributed by atoms with Crippen LogP contribution in [0.15, 0.2) is 54.6 Å². The zero-order chi connectivity index (χ0) is 19.8. The number of carbonyl (C=O) groups excluding carboxylic acids is 2. The number of nitrogens with one attached hydrogen (secondary N) is 1. The molecule has 0 bridgehead atoms. The summed E-state index contributed by atoms with van der Waals surface area (Å²) in [5, 5.41) is 8.06. The van der Waals surface area contributed by atoms with Crippen LogP contribution in [-0.2, 0) is 0 Å². The highest BCUT2D eigenvalue weighted by Gasteiger charge is 2.18. The average Bonchev–Trinajstić information content (AvgIpc) is 3.24. The second-order valence-electron chi connectivity index (χ2n) is 6.17. The van der Waals surface area contributed by atoms with E-state index >= 15 is 0 Å². The molecule has 0 unspecified atom stereocenters. The number of aryl methyl sites for hydroxylation is 1. The highest BCUT2D eigenvalue weighted by molar-refractivity contribution is 7.20. The first-order chi connectivity index (χ1) is 13.4. The van der Waals surface area contributed by atoms with Crippen molar-refractivity contribution in [3.8, 4) is 5.69 Å². The lowest BCUT2D eigenvalue weighted by molar-refractivity contribution is 0.100. The number of fused-ring (bicyclic) bond motifs is 1. The number of amides is 2. The number of primary amides is 1. The molecule has 3 N–H and O–H groups in total. The smallest absolute Gasteiger partial charge is 0.265 e. The van der Waals surface area contributed by atoms with Crippen molar-refractivity contribution in [3.05, 3.63) is 76.5 Å². The number of rotatable bonds is 4. The summed E-state index contributed by atoms with van der Waals surface area (Å²) < 4.78 is 14.9. The second kappa shape index (κ2) is 6.90. The molecule has 6 nitrogen and oxygen atoms in total. The zero-order valence-corrected chi connectivity index (χ0v) is 15.6. The van der Waals surface area contributed by atoms with Gasteiger partial charge in [-0.1, -0.05) is 12.1 Å². The number of nitrogens with zero attached hydrogens (tertiary/aromatic N) is 2. The fourth-order valence-corrected chi connectivity index (χ4v) is 3.99. The lowest BCUT2D eigenvalue weighted by Gasteiger charge is -2.07. The highest BCUT2D eigenvalue weighted by atomic mass is 32.1. The summed E-state index contributed by atoms with van der Waals surface area (Å²) in [5.74, 6) is -1.29. The Balaban J connectivity index is 1.71. The summed E-state index contributed by atoms with van der Waals surface area (Å²) in [5.41, 5.74) is 7.42. The van der Waals surface area contributed by atoms with Crippen LogP contribution in [0.4, 0.5) is 10.1 Å². The van der Waals surface area contributed by atoms with E-state index in [0.717, 1.165) is 15.9 Å². The van der Waals surface area contributed by atoms with Gasteiger partial charge in [0.1, 0.15) is 10.6 Å². The van der Waals surface area contributed by atoms with Crippen LogP contribution in [0, 0.1) is 12.7 Å². The molecule has 2 aromatic heterocycles. The average molecular weight is 394 g/mol. The number of hydrogen-bond donors (Lipinski definition) is 2. The van der Waals surface area contributed by atoms with E-state index in [1.165, 1.54) is 23.5 Å². The van der Waals surface area contributed by atoms with Gasteiger partial charge in [0.2, 0.25) is 0 Å². The van der Waals surface area contributed by atoms with Gasteiger partial charge in [0.25, 0.3) is 11.8 Å². The summed E-state index contributed by atoms with van der Waals surface area (Å²) in [6.45, 7) is 1.85. The normalized spacial score (nSPS) is 10.9. The molecule has 28 heavy (non-hydrogen) atoms. The summed E-state index contributed by atoms with van der Waals surface area (Å²) >= 11 is 1.26. The van der Waals surface area contributed by atoms with Crippen molar-refractivity contribution in [1.82, 2.24) is 9.78 Å². The lowest BCUT2D eigenvalue weighted by atomic mass is 10.1. The fraction of sp³-hybridized carbons (Fsp3) is 0.0500. The van der Waals surface area contributed by atoms with Crippen molar-refractivity contribution in [2.45, 2.75) is 6.92 Å². The summed E-state index contributed by atoms with van der Waals surface area (Å²) in [4.78, 5) is 25.5. The number of nitrogens with two attached hydrogens (primary N) is 1. The Labute approximate surface area is 163 Å². The Morgan fingerprint density at radius 2 is 1.86 bits per heavy atom. The summed E-state index contributed by atoms with van der Waals surface area (Å²) in [7, 11) is 0. The zero-order valence-electron chi connectivity index (χ0n) is 14.8. The van der Waals surface area contributed by atoms with E-state index in [0.29, 0.717) is 16.3 Å². The number of para-hydroxylation sites is 1. The Morgan fingerprint density at radius 1 is 1.14 bits per heavy atom. The van der Waals surface area contributed by atoms with E-state index in [1.807, 2.05) is 6.92 Å². The first-order valence-electron chi connectivity index (χ1n) is 8.39. The van der Waals surface area contributed by atoms with Crippen LogP contribution < -0.4 is 11.1 Å². The van der Waals surface area contributed by atoms with E-state index in [2.05, 4.69) is 10.4 Å². The molecule has 2 amide bonds. The molecule has 0 atom stereocenters. The van der Waals surface area contributed by atoms with E-state index < -0.39 is 5.91 Å². The minimum absolute atomic E-state index is 0.241. The molecule has 0 fully saturated rings. The largest absolute Gasteiger partial charge is 0.366 e. The molecule has 2 heterocycles. The number of benzene rings is 2. The monoisotopic (exact) mass is 394 g/mol. The van der Waals surface area contributed by atoms with Gasteiger partial charge in [-0.3, -0.25) is 9.59 Å². The molecule has 0 aliphatic carbocycles. The van der Waals surface area contributed by atoms with Crippen LogP contribution in [0.2, 0.25) is 0 Å². The predicted molar refractivity (Wildman–Crippen MR) is 107 cm³/mol. The molecule has 0 aliphatic heterocycles. The van der Waals surface area contributed by atoms with Crippen molar-refractivity contribution in [3.63, 3.8) is 0 Å². The molecule has 0 saturated heterocycles. The minimum atomic E-state index is -0.616. The third-order valence-electron chi connectivity index (χ3n) is 4.28. The van der Waals surface area contributed by atoms with Gasteiger partial charge >= 0.3 is 0 Å². The van der Waals surface area contributed by atoms with Crippen molar-refractivity contribution in [2.24, 2.45) is 5.73 Å². The van der Waals surface area contributed by atoms with Gasteiger partial charge in [-0.05, 0) is 49.4 Å². The van der Waals surface area contributed by atoms with Crippen molar-refractivity contribution < 1.29 is 14.0 Å². The van der Waals surface area contributed by atoms with Gasteiger partial charge in [0.05, 0.1) is 27.5 Å². The first-order valence-corrected chi connectivity index (χ1v) is 9.21. The summed E-state index contributed by atoms with van der Waals surface area (Å²) in [6, 6.07) is 14.3. The van der Waals surface area contributed by atoms with Gasteiger partial charge < -0.3 is 11.1 Å². The third-order valence-corrected chi connectivity index (χ3v) is 5.39. The lowest BCUT2D eigenvalue weighted by Crippen LogP contribution is -2.17. The molecular weight excluding hydrogens is 379 g/mol. The summed E-state index contributed by atoms with van der Waals surface area (Å²) in [6.07, 6.45) is 0. The maximum atomic E-state index is 13.2. The molecule has 8 heteroatoms. The first kappa shape index (κ1) is 17.9. The Morgan fingerprint density at radius 3 is 2.57 bits per heavy atom. The molecule has 140 valence electrons. The molecule has 4 rings (SSSR count). The van der Waals surface area contributed by atoms with Gasteiger partial charge in [-0.2, -0.15) is 5.10 Å². The molecular formula is C20H15FN4O2S. The maximum absolute atomic E-state index is 13.2. The Bertz CT molecular complexity index is 1210. The van der Waals surface area contributed by atoms with Gasteiger partial charge in [0, 0.05) is 5.39 Å². The van der Waals surface area contributed by atoms with Gasteiger partial charge in [0.15, 0.2) is 0 Å². The highest BCUT2D eigenvalue weighted by Crippen LogP contribution is 2.31. The molecule has 2 aromatic carbocycles. The number of carbonyl (C=O) groups is 2. The van der Waals surface area contributed by atoms with E-state index in [9.17, 15) is 14.0 Å². The predicted octanol–water partition coefficient (Wildman–Crippen LogP) is 3.89. The molecule has 0 radical (unpaired) electrons. The van der Waals surface area contributed by atoms with Crippen molar-refractivity contribution in [1.29, 1.82) is 0 Å². The van der Waals surface area contributed by atoms with E-state index in [1.54, 1.807) is 47.1 Å². The standard InChI is InChI=1S/C20H15FN4O2S/c1-11-15-10-17(19(27)23-16-5-3-2-4-14(16)18(22)26)28-20(15)25(24-11)13-8-6-12(21)7-9-13/h2-10H,1H3,(H2,22,26)(H,23,27). The fourth-order valence-electron chi connectivity index (χ4n) is 2.91. The number of thiophene rings is 1. The third kappa shape index (κ3) is 3.14. The van der Waals surface area contributed by atoms with Crippen LogP contribution in [0.1, 0.15) is 25.7 Å². The van der Waals surface area contributed by atoms with Crippen LogP contribution >= 0.6 is 11.3 Å². The van der Waals surface area contributed by atoms with E-state index in [4.69, 9.17) is 5.73 Å². The Kier molecular flexibility index (Phi) is 4.40. The topological polar surface area (TPSA) is 90.0 Å². The van der Waals surface area contributed by atoms with Crippen LogP contribution in [0.25, 0.3) is 15.9 Å². The van der Waals surface area contributed by atoms with Gasteiger partial charge in [-0.15, -0.1) is 11.3 Å². The maximum Gasteiger partial charge on any atom is 0.265 e. The minimum Gasteiger partial charge on any atom is -0.366 e. The number of halogens is 1. The van der Waals surface area contributed by atoms with Crippen molar-refractivity contribution in [2.75, 3.05) is 5.32 Å². The van der Waals surface area contributed by atoms with Gasteiger partial charge in [-0.25, -0.2) is 9.07 Å². The van der Waals surface area contributed by atoms with Crippen LogP contribution in [0.3, 0.4) is 0 Å². The van der Waals surface area contributed by atoms with Crippen LogP contribution in [0.5, 0.6) is 0 Å². The Hall–Kier alpha value is -3.52. The second-order valence-corrected chi connectivity index (χ2v) is 7.20. The molecule has 4 aromatic rings. The number of hydrogen-bond acceptors (Lipinski definition) is 4.